The van der Waals surface area contributed by atoms with E-state index >= 15 is 0 Å². The maximum absolute atomic E-state index is 11.6. The number of nitrogens with zero attached hydrogens (tertiary/aromatic N) is 1. The molecule has 0 bridgehead atoms. The normalized spacial score (nSPS) is 10.8. The minimum atomic E-state index is -0.00665. The van der Waals surface area contributed by atoms with Gasteiger partial charge in [-0.1, -0.05) is 25.1 Å². The first-order valence-electron chi connectivity index (χ1n) is 6.94. The Morgan fingerprint density at radius 1 is 1.19 bits per heavy atom. The number of fused-ring (bicyclic) bond motifs is 1. The van der Waals surface area contributed by atoms with Gasteiger partial charge >= 0.3 is 0 Å². The van der Waals surface area contributed by atoms with Crippen molar-refractivity contribution >= 4 is 22.7 Å². The lowest BCUT2D eigenvalue weighted by Gasteiger charge is -2.09. The first-order chi connectivity index (χ1) is 10.2. The van der Waals surface area contributed by atoms with Crippen LogP contribution in [0.5, 0.6) is 0 Å². The van der Waals surface area contributed by atoms with Gasteiger partial charge in [-0.05, 0) is 36.8 Å². The van der Waals surface area contributed by atoms with E-state index in [-0.39, 0.29) is 5.91 Å². The van der Waals surface area contributed by atoms with Crippen molar-refractivity contribution in [3.8, 4) is 11.5 Å². The van der Waals surface area contributed by atoms with Crippen LogP contribution >= 0.6 is 0 Å². The fraction of sp³-hybridized carbons (Fsp3) is 0.176. The Kier molecular flexibility index (Phi) is 3.44. The molecule has 0 saturated carbocycles. The molecule has 0 atom stereocenters. The first-order valence-corrected chi connectivity index (χ1v) is 6.94. The van der Waals surface area contributed by atoms with Crippen LogP contribution in [0.2, 0.25) is 0 Å². The topological polar surface area (TPSA) is 55.1 Å². The lowest BCUT2D eigenvalue weighted by atomic mass is 10.1. The van der Waals surface area contributed by atoms with Crippen molar-refractivity contribution in [2.45, 2.75) is 20.3 Å². The summed E-state index contributed by atoms with van der Waals surface area (Å²) in [4.78, 5) is 16.1. The van der Waals surface area contributed by atoms with Crippen molar-refractivity contribution in [1.82, 2.24) is 4.98 Å². The molecule has 106 valence electrons. The Labute approximate surface area is 122 Å². The van der Waals surface area contributed by atoms with Crippen LogP contribution in [-0.2, 0) is 4.79 Å². The molecule has 0 fully saturated rings. The molecule has 3 rings (SSSR count). The summed E-state index contributed by atoms with van der Waals surface area (Å²) in [5, 5.41) is 2.90. The van der Waals surface area contributed by atoms with E-state index in [0.29, 0.717) is 12.3 Å². The van der Waals surface area contributed by atoms with Crippen molar-refractivity contribution in [3.63, 3.8) is 0 Å². The number of rotatable bonds is 3. The van der Waals surface area contributed by atoms with Crippen molar-refractivity contribution in [3.05, 3.63) is 48.0 Å². The van der Waals surface area contributed by atoms with Gasteiger partial charge in [-0.15, -0.1) is 0 Å². The van der Waals surface area contributed by atoms with Crippen LogP contribution in [0.4, 0.5) is 5.69 Å². The number of amides is 1. The smallest absolute Gasteiger partial charge is 0.227 e. The zero-order valence-electron chi connectivity index (χ0n) is 12.0. The molecule has 1 amide bonds. The van der Waals surface area contributed by atoms with E-state index in [1.807, 2.05) is 56.3 Å². The third kappa shape index (κ3) is 2.52. The molecule has 1 aromatic heterocycles. The van der Waals surface area contributed by atoms with Crippen LogP contribution in [0.25, 0.3) is 22.6 Å². The van der Waals surface area contributed by atoms with Gasteiger partial charge in [-0.2, -0.15) is 0 Å². The van der Waals surface area contributed by atoms with Crippen LogP contribution in [0, 0.1) is 6.92 Å². The molecule has 0 spiro atoms. The monoisotopic (exact) mass is 280 g/mol. The van der Waals surface area contributed by atoms with Crippen molar-refractivity contribution in [1.29, 1.82) is 0 Å². The predicted octanol–water partition coefficient (Wildman–Crippen LogP) is 4.15. The number of para-hydroxylation sites is 2. The minimum Gasteiger partial charge on any atom is -0.436 e. The Morgan fingerprint density at radius 3 is 2.76 bits per heavy atom. The first kappa shape index (κ1) is 13.4. The van der Waals surface area contributed by atoms with Gasteiger partial charge in [0.15, 0.2) is 5.58 Å². The van der Waals surface area contributed by atoms with Gasteiger partial charge in [0.2, 0.25) is 11.8 Å². The molecule has 0 saturated heterocycles. The van der Waals surface area contributed by atoms with Crippen molar-refractivity contribution in [2.24, 2.45) is 0 Å². The fourth-order valence-corrected chi connectivity index (χ4v) is 2.23. The molecule has 4 heteroatoms. The van der Waals surface area contributed by atoms with Gasteiger partial charge in [0.05, 0.1) is 0 Å². The third-order valence-electron chi connectivity index (χ3n) is 3.45. The van der Waals surface area contributed by atoms with E-state index in [1.54, 1.807) is 0 Å². The van der Waals surface area contributed by atoms with Crippen LogP contribution in [0.3, 0.4) is 0 Å². The molecule has 1 N–H and O–H groups in total. The van der Waals surface area contributed by atoms with E-state index in [1.165, 1.54) is 0 Å². The molecule has 0 aliphatic rings. The molecule has 3 aromatic rings. The number of carbonyl (C=O) groups is 1. The van der Waals surface area contributed by atoms with Crippen LogP contribution in [-0.4, -0.2) is 10.9 Å². The number of aromatic nitrogens is 1. The number of anilines is 1. The second kappa shape index (κ2) is 5.40. The lowest BCUT2D eigenvalue weighted by molar-refractivity contribution is -0.115. The summed E-state index contributed by atoms with van der Waals surface area (Å²) in [6.45, 7) is 3.78. The van der Waals surface area contributed by atoms with E-state index in [0.717, 1.165) is 27.9 Å². The molecule has 1 heterocycles. The quantitative estimate of drug-likeness (QED) is 0.784. The van der Waals surface area contributed by atoms with Gasteiger partial charge in [-0.25, -0.2) is 4.98 Å². The molecule has 2 aromatic carbocycles. The summed E-state index contributed by atoms with van der Waals surface area (Å²) in [5.41, 5.74) is 4.22. The average molecular weight is 280 g/mol. The van der Waals surface area contributed by atoms with E-state index < -0.39 is 0 Å². The molecular formula is C17H16N2O2. The summed E-state index contributed by atoms with van der Waals surface area (Å²) >= 11 is 0. The molecule has 0 radical (unpaired) electrons. The molecule has 21 heavy (non-hydrogen) atoms. The number of carbonyl (C=O) groups excluding carboxylic acids is 1. The summed E-state index contributed by atoms with van der Waals surface area (Å²) in [6.07, 6.45) is 0.451. The highest BCUT2D eigenvalue weighted by Crippen LogP contribution is 2.30. The molecule has 4 nitrogen and oxygen atoms in total. The van der Waals surface area contributed by atoms with E-state index in [4.69, 9.17) is 4.42 Å². The molecular weight excluding hydrogens is 264 g/mol. The SMILES string of the molecule is CCC(=O)Nc1cccc(-c2nc3ccccc3o2)c1C. The average Bonchev–Trinajstić information content (AvgIpc) is 2.92. The van der Waals surface area contributed by atoms with Crippen LogP contribution in [0.15, 0.2) is 46.9 Å². The van der Waals surface area contributed by atoms with Gasteiger partial charge < -0.3 is 9.73 Å². The maximum Gasteiger partial charge on any atom is 0.227 e. The second-order valence-corrected chi connectivity index (χ2v) is 4.87. The highest BCUT2D eigenvalue weighted by molar-refractivity contribution is 5.92. The lowest BCUT2D eigenvalue weighted by Crippen LogP contribution is -2.10. The Morgan fingerprint density at radius 2 is 2.00 bits per heavy atom. The largest absolute Gasteiger partial charge is 0.436 e. The summed E-state index contributed by atoms with van der Waals surface area (Å²) in [7, 11) is 0. The summed E-state index contributed by atoms with van der Waals surface area (Å²) < 4.78 is 5.80. The fourth-order valence-electron chi connectivity index (χ4n) is 2.23. The summed E-state index contributed by atoms with van der Waals surface area (Å²) in [6, 6.07) is 13.4. The predicted molar refractivity (Wildman–Crippen MR) is 83.1 cm³/mol. The third-order valence-corrected chi connectivity index (χ3v) is 3.45. The number of nitrogens with one attached hydrogen (secondary N) is 1. The van der Waals surface area contributed by atoms with Crippen LogP contribution < -0.4 is 5.32 Å². The number of oxazole rings is 1. The summed E-state index contributed by atoms with van der Waals surface area (Å²) in [5.74, 6) is 0.564. The van der Waals surface area contributed by atoms with Crippen LogP contribution in [0.1, 0.15) is 18.9 Å². The maximum atomic E-state index is 11.6. The van der Waals surface area contributed by atoms with Gasteiger partial charge in [-0.3, -0.25) is 4.79 Å². The van der Waals surface area contributed by atoms with Gasteiger partial charge in [0, 0.05) is 17.7 Å². The highest BCUT2D eigenvalue weighted by Gasteiger charge is 2.13. The zero-order valence-corrected chi connectivity index (χ0v) is 12.0. The molecule has 0 aliphatic heterocycles. The van der Waals surface area contributed by atoms with E-state index in [9.17, 15) is 4.79 Å². The van der Waals surface area contributed by atoms with E-state index in [2.05, 4.69) is 10.3 Å². The van der Waals surface area contributed by atoms with Gasteiger partial charge in [0.25, 0.3) is 0 Å². The Bertz CT molecular complexity index is 772. The second-order valence-electron chi connectivity index (χ2n) is 4.87. The highest BCUT2D eigenvalue weighted by atomic mass is 16.3. The minimum absolute atomic E-state index is 0.00665. The van der Waals surface area contributed by atoms with Crippen molar-refractivity contribution < 1.29 is 9.21 Å². The van der Waals surface area contributed by atoms with Crippen molar-refractivity contribution in [2.75, 3.05) is 5.32 Å². The molecule has 0 aliphatic carbocycles. The molecule has 0 unspecified atom stereocenters. The van der Waals surface area contributed by atoms with Gasteiger partial charge in [0.1, 0.15) is 5.52 Å². The number of hydrogen-bond acceptors (Lipinski definition) is 3. The Hall–Kier alpha value is -2.62. The number of hydrogen-bond donors (Lipinski definition) is 1. The standard InChI is InChI=1S/C17H16N2O2/c1-3-16(20)18-13-9-6-7-12(11(13)2)17-19-14-8-4-5-10-15(14)21-17/h4-10H,3H2,1-2H3,(H,18,20). The number of benzene rings is 2. The Balaban J connectivity index is 2.05. The zero-order chi connectivity index (χ0) is 14.8.